The van der Waals surface area contributed by atoms with Gasteiger partial charge in [-0.1, -0.05) is 13.8 Å². The van der Waals surface area contributed by atoms with Crippen LogP contribution >= 0.6 is 11.3 Å². The SMILES string of the molecule is Cc1ncc(-c2cnc3c(N4CCN(C(=O)C(C)C)CC4)cc(S(=O)(=O)NC4(C#N)CC4)cn23)s1. The summed E-state index contributed by atoms with van der Waals surface area (Å²) in [6.07, 6.45) is 6.05. The molecule has 1 aliphatic carbocycles. The zero-order chi connectivity index (χ0) is 25.0. The largest absolute Gasteiger partial charge is 0.365 e. The van der Waals surface area contributed by atoms with Gasteiger partial charge >= 0.3 is 0 Å². The van der Waals surface area contributed by atoms with E-state index < -0.39 is 15.6 Å². The third-order valence-corrected chi connectivity index (χ3v) is 8.90. The van der Waals surface area contributed by atoms with E-state index in [1.54, 1.807) is 29.1 Å². The van der Waals surface area contributed by atoms with Gasteiger partial charge in [-0.15, -0.1) is 11.3 Å². The minimum absolute atomic E-state index is 0.0691. The summed E-state index contributed by atoms with van der Waals surface area (Å²) in [6, 6.07) is 3.71. The number of aromatic nitrogens is 3. The van der Waals surface area contributed by atoms with Crippen molar-refractivity contribution in [1.82, 2.24) is 24.0 Å². The molecule has 1 aliphatic heterocycles. The van der Waals surface area contributed by atoms with Crippen LogP contribution in [0.2, 0.25) is 0 Å². The predicted molar refractivity (Wildman–Crippen MR) is 133 cm³/mol. The number of hydrogen-bond acceptors (Lipinski definition) is 8. The van der Waals surface area contributed by atoms with Crippen LogP contribution in [0.4, 0.5) is 5.69 Å². The third-order valence-electron chi connectivity index (χ3n) is 6.46. The van der Waals surface area contributed by atoms with Gasteiger partial charge in [-0.2, -0.15) is 9.98 Å². The molecule has 2 aliphatic rings. The molecular formula is C23H27N7O3S2. The molecule has 1 amide bonds. The normalized spacial score (nSPS) is 17.7. The molecule has 12 heteroatoms. The van der Waals surface area contributed by atoms with Crippen molar-refractivity contribution < 1.29 is 13.2 Å². The number of sulfonamides is 1. The van der Waals surface area contributed by atoms with Crippen LogP contribution in [0.1, 0.15) is 31.7 Å². The van der Waals surface area contributed by atoms with Crippen LogP contribution in [0.3, 0.4) is 0 Å². The van der Waals surface area contributed by atoms with E-state index in [0.29, 0.717) is 50.4 Å². The summed E-state index contributed by atoms with van der Waals surface area (Å²) in [4.78, 5) is 26.3. The molecule has 1 saturated heterocycles. The van der Waals surface area contributed by atoms with Crippen molar-refractivity contribution in [2.45, 2.75) is 44.0 Å². The lowest BCUT2D eigenvalue weighted by Gasteiger charge is -2.37. The first-order valence-electron chi connectivity index (χ1n) is 11.6. The first-order valence-corrected chi connectivity index (χ1v) is 13.9. The number of piperazine rings is 1. The number of nitriles is 1. The molecule has 0 atom stereocenters. The molecule has 2 fully saturated rings. The zero-order valence-corrected chi connectivity index (χ0v) is 21.5. The van der Waals surface area contributed by atoms with E-state index in [1.165, 1.54) is 11.3 Å². The van der Waals surface area contributed by atoms with Gasteiger partial charge in [0.1, 0.15) is 10.4 Å². The Kier molecular flexibility index (Phi) is 5.82. The van der Waals surface area contributed by atoms with Crippen molar-refractivity contribution in [2.75, 3.05) is 31.1 Å². The highest BCUT2D eigenvalue weighted by Gasteiger charge is 2.47. The minimum atomic E-state index is -3.95. The van der Waals surface area contributed by atoms with Crippen molar-refractivity contribution in [3.8, 4) is 16.6 Å². The van der Waals surface area contributed by atoms with Gasteiger partial charge in [0.25, 0.3) is 0 Å². The number of rotatable bonds is 6. The number of carbonyl (C=O) groups is 1. The van der Waals surface area contributed by atoms with Gasteiger partial charge in [-0.05, 0) is 25.8 Å². The number of hydrogen-bond donors (Lipinski definition) is 1. The number of nitrogens with zero attached hydrogens (tertiary/aromatic N) is 6. The first-order chi connectivity index (χ1) is 16.6. The van der Waals surface area contributed by atoms with Gasteiger partial charge in [-0.3, -0.25) is 9.20 Å². The van der Waals surface area contributed by atoms with Gasteiger partial charge in [0.2, 0.25) is 15.9 Å². The van der Waals surface area contributed by atoms with Crippen molar-refractivity contribution >= 4 is 38.6 Å². The molecule has 0 unspecified atom stereocenters. The first kappa shape index (κ1) is 23.7. The topological polar surface area (TPSA) is 124 Å². The Morgan fingerprint density at radius 2 is 1.91 bits per heavy atom. The Hall–Kier alpha value is -3.01. The third kappa shape index (κ3) is 4.39. The van der Waals surface area contributed by atoms with E-state index in [1.807, 2.05) is 25.7 Å². The van der Waals surface area contributed by atoms with Gasteiger partial charge in [-0.25, -0.2) is 18.4 Å². The molecule has 35 heavy (non-hydrogen) atoms. The number of anilines is 1. The van der Waals surface area contributed by atoms with Gasteiger partial charge in [0.05, 0.1) is 33.5 Å². The maximum atomic E-state index is 13.3. The molecular weight excluding hydrogens is 486 g/mol. The quantitative estimate of drug-likeness (QED) is 0.537. The standard InChI is InChI=1S/C23H27N7O3S2/c1-15(2)22(31)29-8-6-28(7-9-29)18-10-17(35(32,33)27-23(14-24)4-5-23)13-30-19(11-26-21(18)30)20-12-25-16(3)34-20/h10-13,15,27H,4-9H2,1-3H3. The lowest BCUT2D eigenvalue weighted by molar-refractivity contribution is -0.134. The molecule has 0 aromatic carbocycles. The highest BCUT2D eigenvalue weighted by Crippen LogP contribution is 2.37. The monoisotopic (exact) mass is 513 g/mol. The van der Waals surface area contributed by atoms with Crippen LogP contribution in [-0.4, -0.2) is 65.3 Å². The number of nitrogens with one attached hydrogen (secondary N) is 1. The van der Waals surface area contributed by atoms with Gasteiger partial charge < -0.3 is 9.80 Å². The van der Waals surface area contributed by atoms with E-state index >= 15 is 0 Å². The Morgan fingerprint density at radius 1 is 1.20 bits per heavy atom. The Bertz CT molecular complexity index is 1440. The number of thiazole rings is 1. The summed E-state index contributed by atoms with van der Waals surface area (Å²) < 4.78 is 31.1. The molecule has 1 N–H and O–H groups in total. The maximum absolute atomic E-state index is 13.3. The highest BCUT2D eigenvalue weighted by atomic mass is 32.2. The van der Waals surface area contributed by atoms with E-state index in [-0.39, 0.29) is 16.7 Å². The summed E-state index contributed by atoms with van der Waals surface area (Å²) in [6.45, 7) is 7.93. The molecule has 0 bridgehead atoms. The average molecular weight is 514 g/mol. The number of fused-ring (bicyclic) bond motifs is 1. The van der Waals surface area contributed by atoms with Crippen molar-refractivity contribution in [1.29, 1.82) is 5.26 Å². The number of aryl methyl sites for hydroxylation is 1. The van der Waals surface area contributed by atoms with Crippen LogP contribution in [-0.2, 0) is 14.8 Å². The second-order valence-electron chi connectivity index (χ2n) is 9.41. The van der Waals surface area contributed by atoms with Crippen molar-refractivity contribution in [2.24, 2.45) is 5.92 Å². The number of carbonyl (C=O) groups excluding carboxylic acids is 1. The lowest BCUT2D eigenvalue weighted by atomic mass is 10.1. The fraction of sp³-hybridized carbons (Fsp3) is 0.478. The molecule has 184 valence electrons. The summed E-state index contributed by atoms with van der Waals surface area (Å²) in [5.41, 5.74) is 1.04. The zero-order valence-electron chi connectivity index (χ0n) is 19.9. The molecule has 1 saturated carbocycles. The summed E-state index contributed by atoms with van der Waals surface area (Å²) >= 11 is 1.51. The molecule has 10 nitrogen and oxygen atoms in total. The number of pyridine rings is 1. The van der Waals surface area contributed by atoms with E-state index in [9.17, 15) is 18.5 Å². The molecule has 3 aromatic heterocycles. The molecule has 4 heterocycles. The van der Waals surface area contributed by atoms with Crippen LogP contribution in [0.5, 0.6) is 0 Å². The van der Waals surface area contributed by atoms with E-state index in [2.05, 4.69) is 25.7 Å². The minimum Gasteiger partial charge on any atom is -0.365 e. The summed E-state index contributed by atoms with van der Waals surface area (Å²) in [5, 5.41) is 10.3. The summed E-state index contributed by atoms with van der Waals surface area (Å²) in [7, 11) is -3.95. The van der Waals surface area contributed by atoms with Crippen LogP contribution < -0.4 is 9.62 Å². The smallest absolute Gasteiger partial charge is 0.243 e. The van der Waals surface area contributed by atoms with Crippen LogP contribution in [0.25, 0.3) is 16.2 Å². The molecule has 0 radical (unpaired) electrons. The van der Waals surface area contributed by atoms with Gasteiger partial charge in [0, 0.05) is 44.5 Å². The fourth-order valence-electron chi connectivity index (χ4n) is 4.30. The Morgan fingerprint density at radius 3 is 2.49 bits per heavy atom. The molecule has 0 spiro atoms. The highest BCUT2D eigenvalue weighted by molar-refractivity contribution is 7.89. The summed E-state index contributed by atoms with van der Waals surface area (Å²) in [5.74, 6) is 0.0469. The fourth-order valence-corrected chi connectivity index (χ4v) is 6.47. The Labute approximate surface area is 208 Å². The van der Waals surface area contributed by atoms with E-state index in [0.717, 1.165) is 15.6 Å². The van der Waals surface area contributed by atoms with Crippen LogP contribution in [0.15, 0.2) is 29.6 Å². The van der Waals surface area contributed by atoms with Gasteiger partial charge in [0.15, 0.2) is 5.65 Å². The second-order valence-corrected chi connectivity index (χ2v) is 12.3. The Balaban J connectivity index is 1.57. The van der Waals surface area contributed by atoms with Crippen molar-refractivity contribution in [3.63, 3.8) is 0 Å². The average Bonchev–Trinajstić information content (AvgIpc) is 3.25. The number of imidazole rings is 1. The lowest BCUT2D eigenvalue weighted by Crippen LogP contribution is -2.50. The number of amides is 1. The molecule has 5 rings (SSSR count). The molecule has 3 aromatic rings. The van der Waals surface area contributed by atoms with Crippen LogP contribution in [0, 0.1) is 24.2 Å². The van der Waals surface area contributed by atoms with E-state index in [4.69, 9.17) is 0 Å². The second kappa shape index (κ2) is 8.58. The predicted octanol–water partition coefficient (Wildman–Crippen LogP) is 2.41. The van der Waals surface area contributed by atoms with Crippen molar-refractivity contribution in [3.05, 3.63) is 29.7 Å². The maximum Gasteiger partial charge on any atom is 0.243 e.